The van der Waals surface area contributed by atoms with Crippen molar-refractivity contribution in [3.05, 3.63) is 21.6 Å². The molecule has 8 heteroatoms. The minimum absolute atomic E-state index is 0.0412. The maximum absolute atomic E-state index is 11.1. The predicted octanol–water partition coefficient (Wildman–Crippen LogP) is 3.53. The van der Waals surface area contributed by atoms with Gasteiger partial charge >= 0.3 is 0 Å². The zero-order valence-corrected chi connectivity index (χ0v) is 10.8. The van der Waals surface area contributed by atoms with E-state index in [2.05, 4.69) is 4.98 Å². The highest BCUT2D eigenvalue weighted by molar-refractivity contribution is 8.13. The van der Waals surface area contributed by atoms with Crippen LogP contribution in [0.15, 0.2) is 17.0 Å². The molecule has 3 nitrogen and oxygen atoms in total. The summed E-state index contributed by atoms with van der Waals surface area (Å²) < 4.78 is 23.2. The molecule has 0 aliphatic carbocycles. The van der Waals surface area contributed by atoms with Crippen LogP contribution in [0.1, 0.15) is 0 Å². The van der Waals surface area contributed by atoms with Crippen molar-refractivity contribution in [1.82, 2.24) is 4.98 Å². The highest BCUT2D eigenvalue weighted by atomic mass is 35.7. The summed E-state index contributed by atoms with van der Waals surface area (Å²) in [5, 5.41) is 0.0412. The Morgan fingerprint density at radius 3 is 2.53 bits per heavy atom. The summed E-state index contributed by atoms with van der Waals surface area (Å²) in [6.45, 7) is 0. The summed E-state index contributed by atoms with van der Waals surface area (Å²) in [4.78, 5) is 3.83. The molecule has 0 radical (unpaired) electrons. The molecule has 15 heavy (non-hydrogen) atoms. The highest BCUT2D eigenvalue weighted by Crippen LogP contribution is 2.33. The first-order chi connectivity index (χ1) is 6.88. The van der Waals surface area contributed by atoms with Crippen molar-refractivity contribution in [2.45, 2.75) is 4.90 Å². The Labute approximate surface area is 104 Å². The molecule has 0 aliphatic heterocycles. The van der Waals surface area contributed by atoms with Gasteiger partial charge in [0.2, 0.25) is 0 Å². The lowest BCUT2D eigenvalue weighted by Gasteiger charge is -1.98. The summed E-state index contributed by atoms with van der Waals surface area (Å²) in [5.41, 5.74) is 0.555. The topological polar surface area (TPSA) is 47.0 Å². The lowest BCUT2D eigenvalue weighted by atomic mass is 10.3. The fraction of sp³-hybridized carbons (Fsp3) is 0. The number of hydrogen-bond donors (Lipinski definition) is 0. The van der Waals surface area contributed by atoms with Gasteiger partial charge in [-0.05, 0) is 12.1 Å². The van der Waals surface area contributed by atoms with E-state index in [0.29, 0.717) is 14.7 Å². The van der Waals surface area contributed by atoms with E-state index in [1.54, 1.807) is 0 Å². The van der Waals surface area contributed by atoms with E-state index in [0.717, 1.165) is 11.3 Å². The number of rotatable bonds is 1. The standard InChI is InChI=1S/C7H2Cl3NO2S2/c8-3-1-4-5(14-7(9)11-4)2-6(3)15(10,12)13/h1-2H. The number of hydrogen-bond acceptors (Lipinski definition) is 4. The third-order valence-corrected chi connectivity index (χ3v) is 4.59. The van der Waals surface area contributed by atoms with Gasteiger partial charge < -0.3 is 0 Å². The summed E-state index contributed by atoms with van der Waals surface area (Å²) >= 11 is 12.6. The quantitative estimate of drug-likeness (QED) is 0.757. The zero-order chi connectivity index (χ0) is 11.2. The van der Waals surface area contributed by atoms with Crippen LogP contribution in [0.3, 0.4) is 0 Å². The van der Waals surface area contributed by atoms with Gasteiger partial charge in [-0.1, -0.05) is 23.2 Å². The van der Waals surface area contributed by atoms with E-state index in [4.69, 9.17) is 33.9 Å². The molecule has 2 aromatic rings. The first kappa shape index (κ1) is 11.4. The van der Waals surface area contributed by atoms with Crippen LogP contribution in [-0.4, -0.2) is 13.4 Å². The fourth-order valence-corrected chi connectivity index (χ4v) is 3.73. The Kier molecular flexibility index (Phi) is 2.85. The van der Waals surface area contributed by atoms with Crippen molar-refractivity contribution in [2.24, 2.45) is 0 Å². The molecule has 80 valence electrons. The van der Waals surface area contributed by atoms with Gasteiger partial charge in [-0.15, -0.1) is 11.3 Å². The van der Waals surface area contributed by atoms with Gasteiger partial charge in [0.25, 0.3) is 9.05 Å². The first-order valence-electron chi connectivity index (χ1n) is 3.58. The number of fused-ring (bicyclic) bond motifs is 1. The Balaban J connectivity index is 2.83. The van der Waals surface area contributed by atoms with Gasteiger partial charge in [-0.25, -0.2) is 13.4 Å². The molecule has 2 rings (SSSR count). The van der Waals surface area contributed by atoms with Crippen molar-refractivity contribution in [1.29, 1.82) is 0 Å². The predicted molar refractivity (Wildman–Crippen MR) is 62.7 cm³/mol. The Morgan fingerprint density at radius 2 is 1.93 bits per heavy atom. The smallest absolute Gasteiger partial charge is 0.225 e. The maximum Gasteiger partial charge on any atom is 0.262 e. The second kappa shape index (κ2) is 3.75. The zero-order valence-electron chi connectivity index (χ0n) is 6.87. The van der Waals surface area contributed by atoms with E-state index < -0.39 is 9.05 Å². The van der Waals surface area contributed by atoms with Crippen LogP contribution in [0.4, 0.5) is 0 Å². The second-order valence-corrected chi connectivity index (χ2v) is 7.21. The van der Waals surface area contributed by atoms with Crippen LogP contribution in [0.25, 0.3) is 10.2 Å². The van der Waals surface area contributed by atoms with Crippen molar-refractivity contribution in [3.63, 3.8) is 0 Å². The molecule has 0 saturated carbocycles. The van der Waals surface area contributed by atoms with E-state index in [-0.39, 0.29) is 9.92 Å². The molecule has 0 fully saturated rings. The molecule has 0 spiro atoms. The molecule has 1 aromatic heterocycles. The molecule has 0 aliphatic rings. The van der Waals surface area contributed by atoms with E-state index in [9.17, 15) is 8.42 Å². The van der Waals surface area contributed by atoms with Crippen molar-refractivity contribution in [2.75, 3.05) is 0 Å². The van der Waals surface area contributed by atoms with E-state index >= 15 is 0 Å². The van der Waals surface area contributed by atoms with E-state index in [1.165, 1.54) is 12.1 Å². The van der Waals surface area contributed by atoms with Gasteiger partial charge in [0, 0.05) is 10.7 Å². The van der Waals surface area contributed by atoms with Gasteiger partial charge in [0.1, 0.15) is 4.90 Å². The molecule has 0 saturated heterocycles. The van der Waals surface area contributed by atoms with Gasteiger partial charge in [-0.2, -0.15) is 0 Å². The summed E-state index contributed by atoms with van der Waals surface area (Å²) in [6.07, 6.45) is 0. The van der Waals surface area contributed by atoms with Crippen LogP contribution < -0.4 is 0 Å². The third-order valence-electron chi connectivity index (χ3n) is 1.68. The van der Waals surface area contributed by atoms with Crippen LogP contribution in [0, 0.1) is 0 Å². The first-order valence-corrected chi connectivity index (χ1v) is 7.46. The second-order valence-electron chi connectivity index (χ2n) is 2.66. The Morgan fingerprint density at radius 1 is 1.27 bits per heavy atom. The lowest BCUT2D eigenvalue weighted by molar-refractivity contribution is 0.610. The fourth-order valence-electron chi connectivity index (χ4n) is 1.09. The van der Waals surface area contributed by atoms with Crippen LogP contribution in [0.2, 0.25) is 9.49 Å². The van der Waals surface area contributed by atoms with Crippen molar-refractivity contribution in [3.8, 4) is 0 Å². The molecular formula is C7H2Cl3NO2S2. The largest absolute Gasteiger partial charge is 0.262 e. The average molecular weight is 303 g/mol. The third kappa shape index (κ3) is 2.21. The minimum Gasteiger partial charge on any atom is -0.225 e. The molecule has 0 atom stereocenters. The van der Waals surface area contributed by atoms with Crippen LogP contribution in [0.5, 0.6) is 0 Å². The van der Waals surface area contributed by atoms with Gasteiger partial charge in [0.15, 0.2) is 4.47 Å². The monoisotopic (exact) mass is 301 g/mol. The average Bonchev–Trinajstić information content (AvgIpc) is 2.40. The van der Waals surface area contributed by atoms with E-state index in [1.807, 2.05) is 0 Å². The molecule has 0 bridgehead atoms. The number of nitrogens with zero attached hydrogens (tertiary/aromatic N) is 1. The summed E-state index contributed by atoms with van der Waals surface area (Å²) in [7, 11) is 1.37. The van der Waals surface area contributed by atoms with Crippen molar-refractivity contribution < 1.29 is 8.42 Å². The van der Waals surface area contributed by atoms with Crippen LogP contribution in [-0.2, 0) is 9.05 Å². The van der Waals surface area contributed by atoms with Crippen LogP contribution >= 0.6 is 45.2 Å². The number of aromatic nitrogens is 1. The maximum atomic E-state index is 11.1. The molecule has 1 aromatic carbocycles. The Bertz CT molecular complexity index is 635. The minimum atomic E-state index is -3.84. The summed E-state index contributed by atoms with van der Waals surface area (Å²) in [6, 6.07) is 2.79. The van der Waals surface area contributed by atoms with Gasteiger partial charge in [-0.3, -0.25) is 0 Å². The highest BCUT2D eigenvalue weighted by Gasteiger charge is 2.17. The lowest BCUT2D eigenvalue weighted by Crippen LogP contribution is -1.91. The molecule has 1 heterocycles. The normalized spacial score (nSPS) is 12.2. The van der Waals surface area contributed by atoms with Gasteiger partial charge in [0.05, 0.1) is 15.2 Å². The summed E-state index contributed by atoms with van der Waals surface area (Å²) in [5.74, 6) is 0. The van der Waals surface area contributed by atoms with Crippen molar-refractivity contribution >= 4 is 64.5 Å². The SMILES string of the molecule is O=S(=O)(Cl)c1cc2sc(Cl)nc2cc1Cl. The molecular weight excluding hydrogens is 301 g/mol. The number of thiazole rings is 1. The number of benzene rings is 1. The number of halogens is 3. The molecule has 0 amide bonds. The molecule has 0 N–H and O–H groups in total. The molecule has 0 unspecified atom stereocenters. The Hall–Kier alpha value is -0.0700.